The molecular formula is C10H9BrO2S. The van der Waals surface area contributed by atoms with Gasteiger partial charge >= 0.3 is 0 Å². The Hall–Kier alpha value is -0.580. The first-order valence-electron chi connectivity index (χ1n) is 4.19. The molecule has 14 heavy (non-hydrogen) atoms. The molecule has 0 aliphatic heterocycles. The summed E-state index contributed by atoms with van der Waals surface area (Å²) in [5.74, 6) is 0. The lowest BCUT2D eigenvalue weighted by Crippen LogP contribution is -1.97. The molecule has 1 unspecified atom stereocenters. The minimum atomic E-state index is -0.441. The Morgan fingerprint density at radius 2 is 2.43 bits per heavy atom. The molecule has 2 rings (SSSR count). The van der Waals surface area contributed by atoms with E-state index in [1.807, 2.05) is 17.5 Å². The average Bonchev–Trinajstić information content (AvgIpc) is 2.75. The van der Waals surface area contributed by atoms with Gasteiger partial charge < -0.3 is 9.52 Å². The van der Waals surface area contributed by atoms with Gasteiger partial charge in [-0.3, -0.25) is 0 Å². The highest BCUT2D eigenvalue weighted by atomic mass is 79.9. The molecule has 0 spiro atoms. The van der Waals surface area contributed by atoms with Crippen molar-refractivity contribution in [3.63, 3.8) is 0 Å². The number of aliphatic hydroxyl groups is 1. The Balaban J connectivity index is 2.06. The molecule has 1 atom stereocenters. The molecule has 0 bridgehead atoms. The van der Waals surface area contributed by atoms with Gasteiger partial charge in [0.05, 0.1) is 18.6 Å². The number of hydrogen-bond donors (Lipinski definition) is 1. The summed E-state index contributed by atoms with van der Waals surface area (Å²) in [7, 11) is 0. The third-order valence-electron chi connectivity index (χ3n) is 1.93. The monoisotopic (exact) mass is 272 g/mol. The van der Waals surface area contributed by atoms with Gasteiger partial charge in [0, 0.05) is 21.2 Å². The van der Waals surface area contributed by atoms with Crippen LogP contribution < -0.4 is 0 Å². The summed E-state index contributed by atoms with van der Waals surface area (Å²) in [6.07, 6.45) is 3.44. The normalized spacial score (nSPS) is 13.0. The van der Waals surface area contributed by atoms with Crippen LogP contribution in [0, 0.1) is 0 Å². The van der Waals surface area contributed by atoms with E-state index in [4.69, 9.17) is 4.42 Å². The van der Waals surface area contributed by atoms with Crippen molar-refractivity contribution in [1.82, 2.24) is 0 Å². The van der Waals surface area contributed by atoms with Gasteiger partial charge in [0.1, 0.15) is 0 Å². The molecule has 2 aromatic rings. The molecular weight excluding hydrogens is 264 g/mol. The molecule has 0 aliphatic carbocycles. The SMILES string of the molecule is OC(Cc1ccoc1)c1cc(Br)cs1. The maximum Gasteiger partial charge on any atom is 0.0935 e. The second-order valence-corrected chi connectivity index (χ2v) is 4.88. The van der Waals surface area contributed by atoms with Gasteiger partial charge in [-0.2, -0.15) is 0 Å². The second kappa shape index (κ2) is 4.29. The van der Waals surface area contributed by atoms with Crippen molar-refractivity contribution in [2.75, 3.05) is 0 Å². The molecule has 1 N–H and O–H groups in total. The third kappa shape index (κ3) is 2.26. The molecule has 0 saturated carbocycles. The Morgan fingerprint density at radius 3 is 3.00 bits per heavy atom. The van der Waals surface area contributed by atoms with Crippen molar-refractivity contribution in [3.8, 4) is 0 Å². The van der Waals surface area contributed by atoms with E-state index in [0.29, 0.717) is 6.42 Å². The van der Waals surface area contributed by atoms with Crippen LogP contribution in [0.2, 0.25) is 0 Å². The maximum absolute atomic E-state index is 9.85. The number of halogens is 1. The minimum Gasteiger partial charge on any atom is -0.472 e. The van der Waals surface area contributed by atoms with Crippen LogP contribution in [0.25, 0.3) is 0 Å². The third-order valence-corrected chi connectivity index (χ3v) is 3.72. The zero-order valence-electron chi connectivity index (χ0n) is 7.31. The summed E-state index contributed by atoms with van der Waals surface area (Å²) >= 11 is 4.91. The minimum absolute atomic E-state index is 0.441. The Labute approximate surface area is 94.3 Å². The van der Waals surface area contributed by atoms with Crippen LogP contribution in [-0.4, -0.2) is 5.11 Å². The van der Waals surface area contributed by atoms with E-state index in [1.54, 1.807) is 23.9 Å². The van der Waals surface area contributed by atoms with Gasteiger partial charge in [-0.05, 0) is 33.6 Å². The zero-order valence-corrected chi connectivity index (χ0v) is 9.72. The van der Waals surface area contributed by atoms with E-state index in [9.17, 15) is 5.11 Å². The summed E-state index contributed by atoms with van der Waals surface area (Å²) in [5, 5.41) is 11.8. The fraction of sp³-hybridized carbons (Fsp3) is 0.200. The first-order valence-corrected chi connectivity index (χ1v) is 5.86. The van der Waals surface area contributed by atoms with Crippen LogP contribution in [0.15, 0.2) is 38.9 Å². The van der Waals surface area contributed by atoms with E-state index < -0.39 is 6.10 Å². The van der Waals surface area contributed by atoms with E-state index >= 15 is 0 Å². The molecule has 0 aromatic carbocycles. The lowest BCUT2D eigenvalue weighted by atomic mass is 10.1. The van der Waals surface area contributed by atoms with Crippen molar-refractivity contribution < 1.29 is 9.52 Å². The largest absolute Gasteiger partial charge is 0.472 e. The fourth-order valence-electron chi connectivity index (χ4n) is 1.24. The molecule has 2 nitrogen and oxygen atoms in total. The molecule has 2 heterocycles. The molecule has 74 valence electrons. The van der Waals surface area contributed by atoms with Gasteiger partial charge in [0.2, 0.25) is 0 Å². The van der Waals surface area contributed by atoms with E-state index in [0.717, 1.165) is 14.9 Å². The molecule has 4 heteroatoms. The lowest BCUT2D eigenvalue weighted by molar-refractivity contribution is 0.182. The maximum atomic E-state index is 9.85. The number of thiophene rings is 1. The predicted molar refractivity (Wildman–Crippen MR) is 59.4 cm³/mol. The van der Waals surface area contributed by atoms with Gasteiger partial charge in [-0.1, -0.05) is 0 Å². The van der Waals surface area contributed by atoms with Crippen molar-refractivity contribution in [1.29, 1.82) is 0 Å². The highest BCUT2D eigenvalue weighted by Crippen LogP contribution is 2.27. The Kier molecular flexibility index (Phi) is 3.05. The Bertz CT molecular complexity index is 394. The van der Waals surface area contributed by atoms with E-state index in [-0.39, 0.29) is 0 Å². The molecule has 0 saturated heterocycles. The van der Waals surface area contributed by atoms with Crippen molar-refractivity contribution >= 4 is 27.3 Å². The average molecular weight is 273 g/mol. The first-order chi connectivity index (χ1) is 6.75. The highest BCUT2D eigenvalue weighted by molar-refractivity contribution is 9.10. The second-order valence-electron chi connectivity index (χ2n) is 3.02. The van der Waals surface area contributed by atoms with E-state index in [1.165, 1.54) is 0 Å². The van der Waals surface area contributed by atoms with Crippen LogP contribution in [0.1, 0.15) is 16.5 Å². The van der Waals surface area contributed by atoms with Crippen molar-refractivity contribution in [2.24, 2.45) is 0 Å². The number of aliphatic hydroxyl groups excluding tert-OH is 1. The standard InChI is InChI=1S/C10H9BrO2S/c11-8-4-10(14-6-8)9(12)3-7-1-2-13-5-7/h1-2,4-6,9,12H,3H2. The summed E-state index contributed by atoms with van der Waals surface area (Å²) < 4.78 is 5.96. The van der Waals surface area contributed by atoms with Crippen LogP contribution in [-0.2, 0) is 6.42 Å². The number of rotatable bonds is 3. The summed E-state index contributed by atoms with van der Waals surface area (Å²) in [5.41, 5.74) is 1.02. The van der Waals surface area contributed by atoms with Gasteiger partial charge in [-0.25, -0.2) is 0 Å². The van der Waals surface area contributed by atoms with E-state index in [2.05, 4.69) is 15.9 Å². The summed E-state index contributed by atoms with van der Waals surface area (Å²) in [6.45, 7) is 0. The molecule has 0 amide bonds. The lowest BCUT2D eigenvalue weighted by Gasteiger charge is -2.05. The number of hydrogen-bond acceptors (Lipinski definition) is 3. The molecule has 2 aromatic heterocycles. The van der Waals surface area contributed by atoms with Crippen LogP contribution >= 0.6 is 27.3 Å². The molecule has 0 aliphatic rings. The van der Waals surface area contributed by atoms with Gasteiger partial charge in [0.15, 0.2) is 0 Å². The van der Waals surface area contributed by atoms with Crippen LogP contribution in [0.3, 0.4) is 0 Å². The van der Waals surface area contributed by atoms with Crippen molar-refractivity contribution in [3.05, 3.63) is 45.0 Å². The van der Waals surface area contributed by atoms with Crippen molar-refractivity contribution in [2.45, 2.75) is 12.5 Å². The predicted octanol–water partition coefficient (Wildman–Crippen LogP) is 3.38. The van der Waals surface area contributed by atoms with Gasteiger partial charge in [0.25, 0.3) is 0 Å². The van der Waals surface area contributed by atoms with Crippen LogP contribution in [0.5, 0.6) is 0 Å². The smallest absolute Gasteiger partial charge is 0.0935 e. The molecule has 0 radical (unpaired) electrons. The quantitative estimate of drug-likeness (QED) is 0.930. The summed E-state index contributed by atoms with van der Waals surface area (Å²) in [4.78, 5) is 0.970. The van der Waals surface area contributed by atoms with Crippen LogP contribution in [0.4, 0.5) is 0 Å². The topological polar surface area (TPSA) is 33.4 Å². The highest BCUT2D eigenvalue weighted by Gasteiger charge is 2.11. The Morgan fingerprint density at radius 1 is 1.57 bits per heavy atom. The van der Waals surface area contributed by atoms with Gasteiger partial charge in [-0.15, -0.1) is 11.3 Å². The molecule has 0 fully saturated rings. The number of furan rings is 1. The first kappa shape index (κ1) is 9.96. The summed E-state index contributed by atoms with van der Waals surface area (Å²) in [6, 6.07) is 3.81. The fourth-order valence-corrected chi connectivity index (χ4v) is 2.67. The zero-order chi connectivity index (χ0) is 9.97.